The minimum atomic E-state index is -2.84. The third kappa shape index (κ3) is 3.81. The number of amides is 1. The second-order valence-corrected chi connectivity index (χ2v) is 7.45. The third-order valence-electron chi connectivity index (χ3n) is 2.57. The molecule has 15 heavy (non-hydrogen) atoms. The molecule has 0 saturated carbocycles. The highest BCUT2D eigenvalue weighted by Crippen LogP contribution is 2.17. The van der Waals surface area contributed by atoms with E-state index >= 15 is 0 Å². The predicted molar refractivity (Wildman–Crippen MR) is 59.3 cm³/mol. The summed E-state index contributed by atoms with van der Waals surface area (Å²) >= 11 is 0. The van der Waals surface area contributed by atoms with Crippen LogP contribution in [0.1, 0.15) is 33.6 Å². The first-order valence-electron chi connectivity index (χ1n) is 5.22. The van der Waals surface area contributed by atoms with E-state index < -0.39 is 15.3 Å². The van der Waals surface area contributed by atoms with E-state index in [1.54, 1.807) is 0 Å². The number of hydrogen-bond donors (Lipinski definition) is 1. The highest BCUT2D eigenvalue weighted by atomic mass is 32.2. The van der Waals surface area contributed by atoms with Gasteiger partial charge in [0, 0.05) is 11.5 Å². The van der Waals surface area contributed by atoms with E-state index in [1.807, 2.05) is 20.8 Å². The zero-order chi connectivity index (χ0) is 11.7. The molecule has 0 aromatic heterocycles. The lowest BCUT2D eigenvalue weighted by molar-refractivity contribution is -0.129. The summed E-state index contributed by atoms with van der Waals surface area (Å²) in [5.74, 6) is 0.385. The van der Waals surface area contributed by atoms with Crippen LogP contribution in [0.2, 0.25) is 0 Å². The number of carbonyl (C=O) groups is 1. The predicted octanol–water partition coefficient (Wildman–Crippen LogP) is 0.726. The van der Waals surface area contributed by atoms with Crippen molar-refractivity contribution in [2.75, 3.05) is 11.5 Å². The zero-order valence-corrected chi connectivity index (χ0v) is 10.4. The molecule has 0 bridgehead atoms. The quantitative estimate of drug-likeness (QED) is 0.726. The molecule has 1 saturated heterocycles. The summed E-state index contributed by atoms with van der Waals surface area (Å²) in [7, 11) is -2.84. The Morgan fingerprint density at radius 3 is 2.07 bits per heavy atom. The molecule has 0 aromatic carbocycles. The van der Waals surface area contributed by atoms with E-state index in [-0.39, 0.29) is 23.5 Å². The third-order valence-corrected chi connectivity index (χ3v) is 4.29. The van der Waals surface area contributed by atoms with Gasteiger partial charge in [0.1, 0.15) is 9.84 Å². The Morgan fingerprint density at radius 1 is 1.20 bits per heavy atom. The number of carbonyl (C=O) groups excluding carboxylic acids is 1. The molecule has 0 aliphatic carbocycles. The maximum atomic E-state index is 11.6. The maximum absolute atomic E-state index is 11.6. The van der Waals surface area contributed by atoms with E-state index in [9.17, 15) is 13.2 Å². The van der Waals surface area contributed by atoms with Crippen molar-refractivity contribution in [2.24, 2.45) is 5.41 Å². The van der Waals surface area contributed by atoms with Gasteiger partial charge in [0.25, 0.3) is 0 Å². The Morgan fingerprint density at radius 2 is 1.67 bits per heavy atom. The highest BCUT2D eigenvalue weighted by Gasteiger charge is 2.28. The largest absolute Gasteiger partial charge is 0.353 e. The van der Waals surface area contributed by atoms with Crippen LogP contribution in [0.3, 0.4) is 0 Å². The van der Waals surface area contributed by atoms with Crippen molar-refractivity contribution in [2.45, 2.75) is 39.7 Å². The van der Waals surface area contributed by atoms with Crippen LogP contribution in [-0.4, -0.2) is 31.9 Å². The van der Waals surface area contributed by atoms with E-state index in [0.29, 0.717) is 12.8 Å². The molecule has 1 rings (SSSR count). The topological polar surface area (TPSA) is 63.2 Å². The molecule has 88 valence electrons. The molecule has 0 radical (unpaired) electrons. The van der Waals surface area contributed by atoms with Gasteiger partial charge < -0.3 is 5.32 Å². The molecule has 0 aromatic rings. The van der Waals surface area contributed by atoms with E-state index in [2.05, 4.69) is 5.32 Å². The van der Waals surface area contributed by atoms with Gasteiger partial charge in [-0.25, -0.2) is 8.42 Å². The summed E-state index contributed by atoms with van der Waals surface area (Å²) < 4.78 is 22.3. The van der Waals surface area contributed by atoms with Crippen molar-refractivity contribution in [1.82, 2.24) is 5.32 Å². The average Bonchev–Trinajstić information content (AvgIpc) is 2.07. The van der Waals surface area contributed by atoms with Gasteiger partial charge in [-0.3, -0.25) is 4.79 Å². The van der Waals surface area contributed by atoms with E-state index in [4.69, 9.17) is 0 Å². The molecule has 1 N–H and O–H groups in total. The van der Waals surface area contributed by atoms with Crippen LogP contribution >= 0.6 is 0 Å². The van der Waals surface area contributed by atoms with Crippen LogP contribution in [0.15, 0.2) is 0 Å². The molecule has 4 nitrogen and oxygen atoms in total. The van der Waals surface area contributed by atoms with Crippen LogP contribution in [0.4, 0.5) is 0 Å². The van der Waals surface area contributed by atoms with Gasteiger partial charge in [0.2, 0.25) is 5.91 Å². The van der Waals surface area contributed by atoms with Crippen LogP contribution < -0.4 is 5.32 Å². The zero-order valence-electron chi connectivity index (χ0n) is 9.54. The molecular formula is C10H19NO3S. The Balaban J connectivity index is 2.47. The van der Waals surface area contributed by atoms with Crippen LogP contribution in [0.5, 0.6) is 0 Å². The normalized spacial score (nSPS) is 22.3. The van der Waals surface area contributed by atoms with Gasteiger partial charge in [-0.1, -0.05) is 20.8 Å². The molecule has 1 fully saturated rings. The highest BCUT2D eigenvalue weighted by molar-refractivity contribution is 7.91. The first kappa shape index (κ1) is 12.5. The van der Waals surface area contributed by atoms with Crippen molar-refractivity contribution < 1.29 is 13.2 Å². The van der Waals surface area contributed by atoms with Gasteiger partial charge in [-0.15, -0.1) is 0 Å². The fraction of sp³-hybridized carbons (Fsp3) is 0.900. The Kier molecular flexibility index (Phi) is 3.43. The van der Waals surface area contributed by atoms with Gasteiger partial charge >= 0.3 is 0 Å². The van der Waals surface area contributed by atoms with Gasteiger partial charge in [0.15, 0.2) is 0 Å². The lowest BCUT2D eigenvalue weighted by Crippen LogP contribution is -2.45. The van der Waals surface area contributed by atoms with Crippen molar-refractivity contribution in [3.05, 3.63) is 0 Å². The molecular weight excluding hydrogens is 214 g/mol. The van der Waals surface area contributed by atoms with Crippen LogP contribution in [0.25, 0.3) is 0 Å². The fourth-order valence-electron chi connectivity index (χ4n) is 1.44. The Hall–Kier alpha value is -0.580. The monoisotopic (exact) mass is 233 g/mol. The number of sulfone groups is 1. The van der Waals surface area contributed by atoms with Crippen molar-refractivity contribution in [3.63, 3.8) is 0 Å². The van der Waals surface area contributed by atoms with Gasteiger partial charge in [-0.2, -0.15) is 0 Å². The van der Waals surface area contributed by atoms with Gasteiger partial charge in [-0.05, 0) is 12.8 Å². The summed E-state index contributed by atoms with van der Waals surface area (Å²) in [6, 6.07) is 0.0280. The lowest BCUT2D eigenvalue weighted by atomic mass is 9.95. The molecule has 0 spiro atoms. The molecule has 1 aliphatic heterocycles. The second kappa shape index (κ2) is 4.12. The first-order chi connectivity index (χ1) is 6.71. The minimum absolute atomic E-state index is 0.00759. The minimum Gasteiger partial charge on any atom is -0.353 e. The number of nitrogens with one attached hydrogen (secondary N) is 1. The Bertz CT molecular complexity index is 326. The molecule has 1 heterocycles. The van der Waals surface area contributed by atoms with E-state index in [0.717, 1.165) is 0 Å². The maximum Gasteiger partial charge on any atom is 0.225 e. The molecule has 0 unspecified atom stereocenters. The SMILES string of the molecule is CC(C)(C)C(=O)NC1CCS(=O)(=O)CC1. The van der Waals surface area contributed by atoms with Crippen LogP contribution in [-0.2, 0) is 14.6 Å². The summed E-state index contributed by atoms with van der Waals surface area (Å²) in [6.07, 6.45) is 1.09. The van der Waals surface area contributed by atoms with Crippen molar-refractivity contribution in [3.8, 4) is 0 Å². The summed E-state index contributed by atoms with van der Waals surface area (Å²) in [5.41, 5.74) is -0.406. The van der Waals surface area contributed by atoms with Crippen LogP contribution in [0, 0.1) is 5.41 Å². The summed E-state index contributed by atoms with van der Waals surface area (Å²) in [4.78, 5) is 11.6. The van der Waals surface area contributed by atoms with E-state index in [1.165, 1.54) is 0 Å². The van der Waals surface area contributed by atoms with Crippen molar-refractivity contribution in [1.29, 1.82) is 0 Å². The standard InChI is InChI=1S/C10H19NO3S/c1-10(2,3)9(12)11-8-4-6-15(13,14)7-5-8/h8H,4-7H2,1-3H3,(H,11,12). The summed E-state index contributed by atoms with van der Waals surface area (Å²) in [5, 5.41) is 2.89. The van der Waals surface area contributed by atoms with Crippen molar-refractivity contribution >= 4 is 15.7 Å². The lowest BCUT2D eigenvalue weighted by Gasteiger charge is -2.26. The summed E-state index contributed by atoms with van der Waals surface area (Å²) in [6.45, 7) is 5.55. The Labute approximate surface area is 91.4 Å². The number of hydrogen-bond acceptors (Lipinski definition) is 3. The molecule has 1 aliphatic rings. The average molecular weight is 233 g/mol. The second-order valence-electron chi connectivity index (χ2n) is 5.15. The fourth-order valence-corrected chi connectivity index (χ4v) is 2.93. The molecule has 5 heteroatoms. The first-order valence-corrected chi connectivity index (χ1v) is 7.04. The molecule has 0 atom stereocenters. The number of rotatable bonds is 1. The van der Waals surface area contributed by atoms with Gasteiger partial charge in [0.05, 0.1) is 11.5 Å². The smallest absolute Gasteiger partial charge is 0.225 e. The molecule has 1 amide bonds.